The Hall–Kier alpha value is -1.02. The van der Waals surface area contributed by atoms with Crippen LogP contribution in [0.5, 0.6) is 0 Å². The highest BCUT2D eigenvalue weighted by molar-refractivity contribution is 9.10. The molecule has 0 aromatic carbocycles. The smallest absolute Gasteiger partial charge is 0.0385 e. The highest BCUT2D eigenvalue weighted by atomic mass is 79.9. The van der Waals surface area contributed by atoms with Crippen molar-refractivity contribution in [2.45, 2.75) is 13.8 Å². The number of hydrogen-bond donors (Lipinski definition) is 1. The maximum absolute atomic E-state index is 5.98. The van der Waals surface area contributed by atoms with Crippen LogP contribution in [-0.2, 0) is 0 Å². The quantitative estimate of drug-likeness (QED) is 0.757. The Balaban J connectivity index is 2.84. The largest absolute Gasteiger partial charge is 0.398 e. The summed E-state index contributed by atoms with van der Waals surface area (Å²) in [7, 11) is 0. The van der Waals surface area contributed by atoms with Gasteiger partial charge in [0.15, 0.2) is 0 Å². The first kappa shape index (κ1) is 9.53. The van der Waals surface area contributed by atoms with Gasteiger partial charge in [-0.2, -0.15) is 0 Å². The van der Waals surface area contributed by atoms with Gasteiger partial charge in [0.2, 0.25) is 0 Å². The van der Waals surface area contributed by atoms with E-state index in [1.165, 1.54) is 22.3 Å². The zero-order valence-electron chi connectivity index (χ0n) is 8.26. The van der Waals surface area contributed by atoms with Crippen molar-refractivity contribution in [2.24, 2.45) is 0 Å². The highest BCUT2D eigenvalue weighted by Gasteiger charge is 2.13. The van der Waals surface area contributed by atoms with Gasteiger partial charge in [-0.05, 0) is 48.2 Å². The number of nitrogen functional groups attached to an aromatic ring is 1. The SMILES string of the molecule is Cc1c2ccc(Br)ccc-2c(C)c1N. The molecule has 1 nitrogen and oxygen atoms in total. The third-order valence-electron chi connectivity index (χ3n) is 2.72. The van der Waals surface area contributed by atoms with Crippen LogP contribution in [0.1, 0.15) is 11.1 Å². The lowest BCUT2D eigenvalue weighted by Gasteiger charge is -1.93. The van der Waals surface area contributed by atoms with Crippen molar-refractivity contribution in [3.05, 3.63) is 39.9 Å². The normalized spacial score (nSPS) is 10.8. The maximum Gasteiger partial charge on any atom is 0.0385 e. The molecule has 0 saturated heterocycles. The lowest BCUT2D eigenvalue weighted by molar-refractivity contribution is 1.50. The summed E-state index contributed by atoms with van der Waals surface area (Å²) in [5.74, 6) is 0. The topological polar surface area (TPSA) is 26.0 Å². The Morgan fingerprint density at radius 3 is 1.79 bits per heavy atom. The Labute approximate surface area is 92.4 Å². The van der Waals surface area contributed by atoms with E-state index >= 15 is 0 Å². The second-order valence-electron chi connectivity index (χ2n) is 3.54. The summed E-state index contributed by atoms with van der Waals surface area (Å²) in [6.45, 7) is 4.14. The number of halogens is 1. The molecule has 0 unspecified atom stereocenters. The van der Waals surface area contributed by atoms with E-state index < -0.39 is 0 Å². The molecule has 2 N–H and O–H groups in total. The minimum atomic E-state index is 0.919. The number of rotatable bonds is 0. The van der Waals surface area contributed by atoms with Crippen molar-refractivity contribution in [1.82, 2.24) is 0 Å². The number of fused-ring (bicyclic) bond motifs is 1. The van der Waals surface area contributed by atoms with E-state index in [9.17, 15) is 0 Å². The van der Waals surface area contributed by atoms with Crippen LogP contribution in [0.25, 0.3) is 11.1 Å². The zero-order chi connectivity index (χ0) is 10.3. The van der Waals surface area contributed by atoms with Gasteiger partial charge in [0.05, 0.1) is 0 Å². The van der Waals surface area contributed by atoms with Crippen molar-refractivity contribution in [3.8, 4) is 11.1 Å². The standard InChI is InChI=1S/C12H12BrN/c1-7-10-5-3-9(13)4-6-11(10)8(2)12(7)14/h3-6H,14H2,1-2H3. The molecule has 0 saturated carbocycles. The van der Waals surface area contributed by atoms with Gasteiger partial charge >= 0.3 is 0 Å². The molecule has 72 valence electrons. The summed E-state index contributed by atoms with van der Waals surface area (Å²) in [6, 6.07) is 8.32. The highest BCUT2D eigenvalue weighted by Crippen LogP contribution is 2.37. The summed E-state index contributed by atoms with van der Waals surface area (Å²) < 4.78 is 1.09. The first-order valence-electron chi connectivity index (χ1n) is 4.55. The van der Waals surface area contributed by atoms with Crippen molar-refractivity contribution in [2.75, 3.05) is 5.73 Å². The lowest BCUT2D eigenvalue weighted by Crippen LogP contribution is -1.85. The van der Waals surface area contributed by atoms with Crippen molar-refractivity contribution in [3.63, 3.8) is 0 Å². The van der Waals surface area contributed by atoms with Crippen molar-refractivity contribution < 1.29 is 0 Å². The van der Waals surface area contributed by atoms with Crippen LogP contribution in [-0.4, -0.2) is 0 Å². The molecule has 0 atom stereocenters. The van der Waals surface area contributed by atoms with E-state index in [2.05, 4.69) is 41.9 Å². The third kappa shape index (κ3) is 1.30. The summed E-state index contributed by atoms with van der Waals surface area (Å²) in [6.07, 6.45) is 0. The summed E-state index contributed by atoms with van der Waals surface area (Å²) in [5.41, 5.74) is 11.7. The Morgan fingerprint density at radius 1 is 0.929 bits per heavy atom. The molecule has 2 aliphatic rings. The minimum Gasteiger partial charge on any atom is -0.398 e. The Kier molecular flexibility index (Phi) is 2.23. The van der Waals surface area contributed by atoms with Crippen LogP contribution < -0.4 is 5.73 Å². The van der Waals surface area contributed by atoms with Gasteiger partial charge in [-0.1, -0.05) is 28.1 Å². The molecular formula is C12H12BrN. The molecule has 0 aromatic heterocycles. The van der Waals surface area contributed by atoms with E-state index in [4.69, 9.17) is 5.73 Å². The predicted octanol–water partition coefficient (Wildman–Crippen LogP) is 3.75. The van der Waals surface area contributed by atoms with Crippen molar-refractivity contribution >= 4 is 21.6 Å². The average molecular weight is 250 g/mol. The lowest BCUT2D eigenvalue weighted by atomic mass is 10.1. The summed E-state index contributed by atoms with van der Waals surface area (Å²) >= 11 is 3.46. The van der Waals surface area contributed by atoms with Crippen LogP contribution in [0, 0.1) is 13.8 Å². The Morgan fingerprint density at radius 2 is 1.36 bits per heavy atom. The zero-order valence-corrected chi connectivity index (χ0v) is 9.85. The van der Waals surface area contributed by atoms with Crippen molar-refractivity contribution in [1.29, 1.82) is 0 Å². The molecule has 0 fully saturated rings. The van der Waals surface area contributed by atoms with Gasteiger partial charge < -0.3 is 5.73 Å². The van der Waals surface area contributed by atoms with Gasteiger partial charge in [0.1, 0.15) is 0 Å². The monoisotopic (exact) mass is 249 g/mol. The van der Waals surface area contributed by atoms with Crippen LogP contribution >= 0.6 is 15.9 Å². The van der Waals surface area contributed by atoms with E-state index in [0.29, 0.717) is 0 Å². The third-order valence-corrected chi connectivity index (χ3v) is 3.25. The molecule has 2 heteroatoms. The molecule has 0 heterocycles. The molecule has 14 heavy (non-hydrogen) atoms. The van der Waals surface area contributed by atoms with Gasteiger partial charge in [-0.3, -0.25) is 0 Å². The Bertz CT molecular complexity index is 423. The van der Waals surface area contributed by atoms with E-state index in [1.54, 1.807) is 0 Å². The van der Waals surface area contributed by atoms with E-state index in [1.807, 2.05) is 12.1 Å². The summed E-state index contributed by atoms with van der Waals surface area (Å²) in [5, 5.41) is 0. The first-order chi connectivity index (χ1) is 6.61. The second-order valence-corrected chi connectivity index (χ2v) is 4.46. The fourth-order valence-corrected chi connectivity index (χ4v) is 2.05. The van der Waals surface area contributed by atoms with Gasteiger partial charge in [0, 0.05) is 10.2 Å². The molecule has 0 radical (unpaired) electrons. The number of hydrogen-bond acceptors (Lipinski definition) is 1. The van der Waals surface area contributed by atoms with Gasteiger partial charge in [-0.25, -0.2) is 0 Å². The maximum atomic E-state index is 5.98. The van der Waals surface area contributed by atoms with Crippen LogP contribution in [0.2, 0.25) is 0 Å². The fraction of sp³-hybridized carbons (Fsp3) is 0.167. The van der Waals surface area contributed by atoms with E-state index in [0.717, 1.165) is 10.2 Å². The van der Waals surface area contributed by atoms with Gasteiger partial charge in [0.25, 0.3) is 0 Å². The van der Waals surface area contributed by atoms with Crippen LogP contribution in [0.3, 0.4) is 0 Å². The second kappa shape index (κ2) is 3.28. The predicted molar refractivity (Wildman–Crippen MR) is 64.7 cm³/mol. The molecular weight excluding hydrogens is 238 g/mol. The molecule has 2 rings (SSSR count). The molecule has 0 aromatic rings. The molecule has 2 aliphatic carbocycles. The fourth-order valence-electron chi connectivity index (χ4n) is 1.79. The molecule has 0 aliphatic heterocycles. The van der Waals surface area contributed by atoms with E-state index in [-0.39, 0.29) is 0 Å². The van der Waals surface area contributed by atoms with Crippen LogP contribution in [0.4, 0.5) is 5.69 Å². The molecule has 0 spiro atoms. The number of nitrogens with two attached hydrogens (primary N) is 1. The first-order valence-corrected chi connectivity index (χ1v) is 5.34. The van der Waals surface area contributed by atoms with Gasteiger partial charge in [-0.15, -0.1) is 0 Å². The average Bonchev–Trinajstić information content (AvgIpc) is 2.34. The molecule has 0 bridgehead atoms. The minimum absolute atomic E-state index is 0.919. The number of anilines is 1. The van der Waals surface area contributed by atoms with Crippen LogP contribution in [0.15, 0.2) is 28.7 Å². The summed E-state index contributed by atoms with van der Waals surface area (Å²) in [4.78, 5) is 0. The molecule has 0 amide bonds.